The molecule has 0 bridgehead atoms. The van der Waals surface area contributed by atoms with Crippen molar-refractivity contribution in [3.05, 3.63) is 28.8 Å². The van der Waals surface area contributed by atoms with E-state index in [1.165, 1.54) is 0 Å². The highest BCUT2D eigenvalue weighted by atomic mass is 35.5. The van der Waals surface area contributed by atoms with Gasteiger partial charge in [0, 0.05) is 25.4 Å². The monoisotopic (exact) mass is 282 g/mol. The summed E-state index contributed by atoms with van der Waals surface area (Å²) in [5.41, 5.74) is 6.71. The number of carbonyl (C=O) groups excluding carboxylic acids is 1. The summed E-state index contributed by atoms with van der Waals surface area (Å²) in [4.78, 5) is 14.3. The van der Waals surface area contributed by atoms with Gasteiger partial charge in [0.25, 0.3) is 5.91 Å². The third-order valence-electron chi connectivity index (χ3n) is 3.56. The highest BCUT2D eigenvalue weighted by Crippen LogP contribution is 2.25. The molecule has 104 valence electrons. The topological polar surface area (TPSA) is 66.6 Å². The number of aliphatic hydroxyl groups is 1. The molecule has 5 heteroatoms. The third-order valence-corrected chi connectivity index (χ3v) is 3.89. The second-order valence-electron chi connectivity index (χ2n) is 5.01. The maximum Gasteiger partial charge on any atom is 0.255 e. The Balaban J connectivity index is 2.12. The summed E-state index contributed by atoms with van der Waals surface area (Å²) in [7, 11) is 0. The Morgan fingerprint density at radius 2 is 2.32 bits per heavy atom. The maximum absolute atomic E-state index is 12.4. The van der Waals surface area contributed by atoms with Gasteiger partial charge in [-0.15, -0.1) is 0 Å². The lowest BCUT2D eigenvalue weighted by atomic mass is 9.94. The molecule has 0 saturated carbocycles. The van der Waals surface area contributed by atoms with Gasteiger partial charge in [0.15, 0.2) is 0 Å². The summed E-state index contributed by atoms with van der Waals surface area (Å²) < 4.78 is 0. The van der Waals surface area contributed by atoms with Crippen molar-refractivity contribution in [3.63, 3.8) is 0 Å². The number of hydrogen-bond acceptors (Lipinski definition) is 3. The van der Waals surface area contributed by atoms with Gasteiger partial charge in [-0.2, -0.15) is 0 Å². The van der Waals surface area contributed by atoms with E-state index in [-0.39, 0.29) is 12.5 Å². The highest BCUT2D eigenvalue weighted by molar-refractivity contribution is 6.34. The lowest BCUT2D eigenvalue weighted by Gasteiger charge is -2.32. The van der Waals surface area contributed by atoms with E-state index in [0.717, 1.165) is 25.8 Å². The normalized spacial score (nSPS) is 19.5. The van der Waals surface area contributed by atoms with Crippen LogP contribution in [-0.4, -0.2) is 35.6 Å². The molecule has 1 unspecified atom stereocenters. The quantitative estimate of drug-likeness (QED) is 0.835. The molecule has 3 N–H and O–H groups in total. The van der Waals surface area contributed by atoms with E-state index in [2.05, 4.69) is 0 Å². The number of rotatable bonds is 3. The van der Waals surface area contributed by atoms with Gasteiger partial charge < -0.3 is 15.7 Å². The highest BCUT2D eigenvalue weighted by Gasteiger charge is 2.25. The number of nitrogens with two attached hydrogens (primary N) is 1. The van der Waals surface area contributed by atoms with Crippen LogP contribution in [0.3, 0.4) is 0 Å². The fourth-order valence-corrected chi connectivity index (χ4v) is 2.74. The summed E-state index contributed by atoms with van der Waals surface area (Å²) in [5, 5.41) is 9.43. The molecular weight excluding hydrogens is 264 g/mol. The summed E-state index contributed by atoms with van der Waals surface area (Å²) in [6, 6.07) is 4.96. The Hall–Kier alpha value is -1.26. The summed E-state index contributed by atoms with van der Waals surface area (Å²) in [6.07, 6.45) is 2.78. The van der Waals surface area contributed by atoms with Crippen LogP contribution in [-0.2, 0) is 0 Å². The largest absolute Gasteiger partial charge is 0.399 e. The van der Waals surface area contributed by atoms with E-state index in [4.69, 9.17) is 22.4 Å². The lowest BCUT2D eigenvalue weighted by molar-refractivity contribution is 0.0654. The van der Waals surface area contributed by atoms with Crippen LogP contribution in [0.2, 0.25) is 5.02 Å². The molecule has 1 aliphatic rings. The summed E-state index contributed by atoms with van der Waals surface area (Å²) >= 11 is 6.06. The first-order valence-electron chi connectivity index (χ1n) is 6.57. The first-order chi connectivity index (χ1) is 9.11. The zero-order valence-electron chi connectivity index (χ0n) is 10.8. The Kier molecular flexibility index (Phi) is 4.66. The van der Waals surface area contributed by atoms with Gasteiger partial charge in [-0.3, -0.25) is 4.79 Å². The number of piperidine rings is 1. The van der Waals surface area contributed by atoms with Crippen LogP contribution >= 0.6 is 11.6 Å². The lowest BCUT2D eigenvalue weighted by Crippen LogP contribution is -2.40. The number of nitrogens with zero attached hydrogens (tertiary/aromatic N) is 1. The molecule has 1 aromatic carbocycles. The molecule has 1 heterocycles. The number of aliphatic hydroxyl groups excluding tert-OH is 1. The first kappa shape index (κ1) is 14.2. The predicted molar refractivity (Wildman–Crippen MR) is 76.2 cm³/mol. The molecule has 1 fully saturated rings. The van der Waals surface area contributed by atoms with Gasteiger partial charge in [-0.05, 0) is 43.4 Å². The van der Waals surface area contributed by atoms with E-state index >= 15 is 0 Å². The van der Waals surface area contributed by atoms with E-state index in [0.29, 0.717) is 28.7 Å². The third kappa shape index (κ3) is 3.39. The van der Waals surface area contributed by atoms with Crippen LogP contribution < -0.4 is 5.73 Å². The van der Waals surface area contributed by atoms with Gasteiger partial charge >= 0.3 is 0 Å². The minimum absolute atomic E-state index is 0.0695. The minimum atomic E-state index is -0.0695. The van der Waals surface area contributed by atoms with Crippen LogP contribution in [0.1, 0.15) is 29.6 Å². The smallest absolute Gasteiger partial charge is 0.255 e. The maximum atomic E-state index is 12.4. The average molecular weight is 283 g/mol. The van der Waals surface area contributed by atoms with Crippen molar-refractivity contribution in [1.82, 2.24) is 4.90 Å². The SMILES string of the molecule is Nc1ccc(Cl)c(C(=O)N2CCCC(CCO)C2)c1. The van der Waals surface area contributed by atoms with Gasteiger partial charge in [0.1, 0.15) is 0 Å². The summed E-state index contributed by atoms with van der Waals surface area (Å²) in [5.74, 6) is 0.308. The second-order valence-corrected chi connectivity index (χ2v) is 5.42. The van der Waals surface area contributed by atoms with Gasteiger partial charge in [0.05, 0.1) is 10.6 Å². The van der Waals surface area contributed by atoms with Crippen molar-refractivity contribution < 1.29 is 9.90 Å². The molecule has 0 radical (unpaired) electrons. The first-order valence-corrected chi connectivity index (χ1v) is 6.94. The zero-order chi connectivity index (χ0) is 13.8. The molecule has 1 atom stereocenters. The van der Waals surface area contributed by atoms with Gasteiger partial charge in [-0.25, -0.2) is 0 Å². The van der Waals surface area contributed by atoms with Crippen molar-refractivity contribution in [1.29, 1.82) is 0 Å². The molecular formula is C14H19ClN2O2. The van der Waals surface area contributed by atoms with Crippen LogP contribution in [0.5, 0.6) is 0 Å². The van der Waals surface area contributed by atoms with E-state index in [1.807, 2.05) is 4.90 Å². The molecule has 19 heavy (non-hydrogen) atoms. The van der Waals surface area contributed by atoms with Crippen LogP contribution in [0.25, 0.3) is 0 Å². The molecule has 2 rings (SSSR count). The number of nitrogen functional groups attached to an aromatic ring is 1. The van der Waals surface area contributed by atoms with Crippen LogP contribution in [0.15, 0.2) is 18.2 Å². The molecule has 1 aliphatic heterocycles. The van der Waals surface area contributed by atoms with E-state index < -0.39 is 0 Å². The van der Waals surface area contributed by atoms with Crippen molar-refractivity contribution in [2.45, 2.75) is 19.3 Å². The Bertz CT molecular complexity index is 463. The molecule has 0 aliphatic carbocycles. The van der Waals surface area contributed by atoms with Gasteiger partial charge in [0.2, 0.25) is 0 Å². The van der Waals surface area contributed by atoms with Crippen molar-refractivity contribution in [3.8, 4) is 0 Å². The minimum Gasteiger partial charge on any atom is -0.399 e. The Labute approximate surface area is 118 Å². The Morgan fingerprint density at radius 3 is 3.05 bits per heavy atom. The standard InChI is InChI=1S/C14H19ClN2O2/c15-13-4-3-11(16)8-12(13)14(19)17-6-1-2-10(9-17)5-7-18/h3-4,8,10,18H,1-2,5-7,9,16H2. The van der Waals surface area contributed by atoms with Gasteiger partial charge in [-0.1, -0.05) is 11.6 Å². The molecule has 1 aromatic rings. The molecule has 0 aromatic heterocycles. The van der Waals surface area contributed by atoms with Crippen LogP contribution in [0.4, 0.5) is 5.69 Å². The fraction of sp³-hybridized carbons (Fsp3) is 0.500. The van der Waals surface area contributed by atoms with E-state index in [9.17, 15) is 4.79 Å². The second kappa shape index (κ2) is 6.26. The Morgan fingerprint density at radius 1 is 1.53 bits per heavy atom. The average Bonchev–Trinajstić information content (AvgIpc) is 2.41. The number of amides is 1. The summed E-state index contributed by atoms with van der Waals surface area (Å²) in [6.45, 7) is 1.60. The number of hydrogen-bond donors (Lipinski definition) is 2. The van der Waals surface area contributed by atoms with Crippen LogP contribution in [0, 0.1) is 5.92 Å². The number of likely N-dealkylation sites (tertiary alicyclic amines) is 1. The molecule has 0 spiro atoms. The molecule has 1 saturated heterocycles. The molecule has 4 nitrogen and oxygen atoms in total. The zero-order valence-corrected chi connectivity index (χ0v) is 11.6. The van der Waals surface area contributed by atoms with Crippen molar-refractivity contribution in [2.24, 2.45) is 5.92 Å². The fourth-order valence-electron chi connectivity index (χ4n) is 2.54. The predicted octanol–water partition coefficient (Wildman–Crippen LogP) is 2.16. The molecule has 1 amide bonds. The van der Waals surface area contributed by atoms with Crippen molar-refractivity contribution >= 4 is 23.2 Å². The number of carbonyl (C=O) groups is 1. The number of anilines is 1. The number of benzene rings is 1. The van der Waals surface area contributed by atoms with E-state index in [1.54, 1.807) is 18.2 Å². The number of halogens is 1. The van der Waals surface area contributed by atoms with Crippen molar-refractivity contribution in [2.75, 3.05) is 25.4 Å².